The van der Waals surface area contributed by atoms with Crippen molar-refractivity contribution in [3.8, 4) is 11.8 Å². The summed E-state index contributed by atoms with van der Waals surface area (Å²) in [4.78, 5) is 12.5. The molecule has 0 aliphatic carbocycles. The molecule has 31 heavy (non-hydrogen) atoms. The first-order valence-electron chi connectivity index (χ1n) is 9.22. The first kappa shape index (κ1) is 22.7. The lowest BCUT2D eigenvalue weighted by Crippen LogP contribution is -2.13. The Bertz CT molecular complexity index is 1160. The second-order valence-electron chi connectivity index (χ2n) is 6.72. The SMILES string of the molecule is Cc1ccc(NC(=O)/C(C#N)=C/c2cc(Br)c(OCc3cccc(F)c3)c(Br)c2)cc1. The molecule has 0 fully saturated rings. The van der Waals surface area contributed by atoms with Crippen molar-refractivity contribution in [2.45, 2.75) is 13.5 Å². The predicted octanol–water partition coefficient (Wildman–Crippen LogP) is 6.78. The zero-order chi connectivity index (χ0) is 22.4. The molecular formula is C24H17Br2FN2O2. The average molecular weight is 544 g/mol. The van der Waals surface area contributed by atoms with Crippen LogP contribution in [0.5, 0.6) is 5.75 Å². The van der Waals surface area contributed by atoms with Gasteiger partial charge in [-0.15, -0.1) is 0 Å². The van der Waals surface area contributed by atoms with E-state index >= 15 is 0 Å². The molecular weight excluding hydrogens is 527 g/mol. The van der Waals surface area contributed by atoms with E-state index in [9.17, 15) is 14.4 Å². The van der Waals surface area contributed by atoms with Crippen molar-refractivity contribution in [3.63, 3.8) is 0 Å². The molecule has 0 atom stereocenters. The van der Waals surface area contributed by atoms with Crippen LogP contribution in [0.15, 0.2) is 75.2 Å². The van der Waals surface area contributed by atoms with Gasteiger partial charge in [0.15, 0.2) is 0 Å². The molecule has 3 rings (SSSR count). The summed E-state index contributed by atoms with van der Waals surface area (Å²) in [6.45, 7) is 2.14. The largest absolute Gasteiger partial charge is 0.487 e. The van der Waals surface area contributed by atoms with E-state index in [0.717, 1.165) is 5.56 Å². The average Bonchev–Trinajstić information content (AvgIpc) is 2.73. The van der Waals surface area contributed by atoms with Crippen LogP contribution in [0.25, 0.3) is 6.08 Å². The maximum absolute atomic E-state index is 13.3. The fourth-order valence-electron chi connectivity index (χ4n) is 2.73. The molecule has 156 valence electrons. The smallest absolute Gasteiger partial charge is 0.266 e. The molecule has 3 aromatic rings. The number of ether oxygens (including phenoxy) is 1. The van der Waals surface area contributed by atoms with Gasteiger partial charge in [0.2, 0.25) is 0 Å². The third kappa shape index (κ3) is 6.27. The van der Waals surface area contributed by atoms with Crippen LogP contribution in [0.1, 0.15) is 16.7 Å². The van der Waals surface area contributed by atoms with Crippen LogP contribution >= 0.6 is 31.9 Å². The summed E-state index contributed by atoms with van der Waals surface area (Å²) >= 11 is 6.91. The molecule has 0 aromatic heterocycles. The van der Waals surface area contributed by atoms with E-state index in [4.69, 9.17) is 4.74 Å². The number of hydrogen-bond donors (Lipinski definition) is 1. The quantitative estimate of drug-likeness (QED) is 0.275. The summed E-state index contributed by atoms with van der Waals surface area (Å²) in [6.07, 6.45) is 1.50. The number of benzene rings is 3. The number of aryl methyl sites for hydroxylation is 1. The van der Waals surface area contributed by atoms with Crippen LogP contribution in [0, 0.1) is 24.1 Å². The van der Waals surface area contributed by atoms with Gasteiger partial charge in [0.05, 0.1) is 8.95 Å². The highest BCUT2D eigenvalue weighted by Crippen LogP contribution is 2.36. The Morgan fingerprint density at radius 1 is 1.13 bits per heavy atom. The van der Waals surface area contributed by atoms with E-state index in [1.165, 1.54) is 18.2 Å². The number of nitrogens with one attached hydrogen (secondary N) is 1. The fourth-order valence-corrected chi connectivity index (χ4v) is 4.18. The van der Waals surface area contributed by atoms with Crippen LogP contribution in [0.3, 0.4) is 0 Å². The van der Waals surface area contributed by atoms with E-state index in [-0.39, 0.29) is 18.0 Å². The van der Waals surface area contributed by atoms with E-state index in [0.29, 0.717) is 31.5 Å². The van der Waals surface area contributed by atoms with Gasteiger partial charge in [-0.2, -0.15) is 5.26 Å². The van der Waals surface area contributed by atoms with Gasteiger partial charge in [-0.05, 0) is 92.4 Å². The van der Waals surface area contributed by atoms with Crippen molar-refractivity contribution in [2.75, 3.05) is 5.32 Å². The van der Waals surface area contributed by atoms with Crippen molar-refractivity contribution >= 4 is 49.5 Å². The second-order valence-corrected chi connectivity index (χ2v) is 8.43. The number of nitriles is 1. The van der Waals surface area contributed by atoms with Gasteiger partial charge >= 0.3 is 0 Å². The van der Waals surface area contributed by atoms with E-state index in [1.807, 2.05) is 25.1 Å². The highest BCUT2D eigenvalue weighted by Gasteiger charge is 2.13. The number of rotatable bonds is 6. The highest BCUT2D eigenvalue weighted by molar-refractivity contribution is 9.11. The highest BCUT2D eigenvalue weighted by atomic mass is 79.9. The molecule has 7 heteroatoms. The van der Waals surface area contributed by atoms with Gasteiger partial charge in [-0.25, -0.2) is 4.39 Å². The number of hydrogen-bond acceptors (Lipinski definition) is 3. The van der Waals surface area contributed by atoms with Gasteiger partial charge in [-0.3, -0.25) is 4.79 Å². The van der Waals surface area contributed by atoms with Crippen molar-refractivity contribution in [1.82, 2.24) is 0 Å². The Morgan fingerprint density at radius 3 is 2.42 bits per heavy atom. The maximum atomic E-state index is 13.3. The number of anilines is 1. The van der Waals surface area contributed by atoms with Crippen LogP contribution in [0.2, 0.25) is 0 Å². The molecule has 0 aliphatic heterocycles. The summed E-state index contributed by atoms with van der Waals surface area (Å²) in [5, 5.41) is 12.2. The molecule has 4 nitrogen and oxygen atoms in total. The minimum Gasteiger partial charge on any atom is -0.487 e. The van der Waals surface area contributed by atoms with Crippen LogP contribution < -0.4 is 10.1 Å². The minimum atomic E-state index is -0.495. The minimum absolute atomic E-state index is 0.0344. The summed E-state index contributed by atoms with van der Waals surface area (Å²) < 4.78 is 20.4. The van der Waals surface area contributed by atoms with Gasteiger partial charge in [0.25, 0.3) is 5.91 Å². The Morgan fingerprint density at radius 2 is 1.81 bits per heavy atom. The standard InChI is InChI=1S/C24H17Br2FN2O2/c1-15-5-7-20(8-6-15)29-24(30)18(13-28)9-17-11-21(25)23(22(26)12-17)31-14-16-3-2-4-19(27)10-16/h2-12H,14H2,1H3,(H,29,30)/b18-9+. The molecule has 1 amide bonds. The van der Waals surface area contributed by atoms with Gasteiger partial charge in [0.1, 0.15) is 29.8 Å². The van der Waals surface area contributed by atoms with E-state index < -0.39 is 5.91 Å². The summed E-state index contributed by atoms with van der Waals surface area (Å²) in [6, 6.07) is 18.9. The Labute approximate surface area is 196 Å². The van der Waals surface area contributed by atoms with E-state index in [2.05, 4.69) is 37.2 Å². The molecule has 0 bridgehead atoms. The molecule has 0 saturated heterocycles. The maximum Gasteiger partial charge on any atom is 0.266 e. The molecule has 0 saturated carbocycles. The third-order valence-corrected chi connectivity index (χ3v) is 5.46. The monoisotopic (exact) mass is 542 g/mol. The lowest BCUT2D eigenvalue weighted by molar-refractivity contribution is -0.112. The summed E-state index contributed by atoms with van der Waals surface area (Å²) in [5.41, 5.74) is 2.98. The van der Waals surface area contributed by atoms with Crippen molar-refractivity contribution < 1.29 is 13.9 Å². The molecule has 0 radical (unpaired) electrons. The van der Waals surface area contributed by atoms with E-state index in [1.54, 1.807) is 36.4 Å². The van der Waals surface area contributed by atoms with Crippen LogP contribution in [0.4, 0.5) is 10.1 Å². The van der Waals surface area contributed by atoms with Crippen molar-refractivity contribution in [2.24, 2.45) is 0 Å². The zero-order valence-corrected chi connectivity index (χ0v) is 19.6. The number of amides is 1. The van der Waals surface area contributed by atoms with Crippen LogP contribution in [-0.4, -0.2) is 5.91 Å². The Kier molecular flexibility index (Phi) is 7.61. The molecule has 1 N–H and O–H groups in total. The molecule has 0 heterocycles. The topological polar surface area (TPSA) is 62.1 Å². The normalized spacial score (nSPS) is 11.0. The van der Waals surface area contributed by atoms with Crippen LogP contribution in [-0.2, 0) is 11.4 Å². The first-order chi connectivity index (χ1) is 14.9. The Balaban J connectivity index is 1.76. The van der Waals surface area contributed by atoms with Gasteiger partial charge in [-0.1, -0.05) is 29.8 Å². The molecule has 3 aromatic carbocycles. The second kappa shape index (κ2) is 10.4. The number of halogens is 3. The van der Waals surface area contributed by atoms with Crippen molar-refractivity contribution in [3.05, 3.63) is 97.7 Å². The zero-order valence-electron chi connectivity index (χ0n) is 16.5. The molecule has 0 aliphatic rings. The van der Waals surface area contributed by atoms with Crippen molar-refractivity contribution in [1.29, 1.82) is 5.26 Å². The third-order valence-electron chi connectivity index (χ3n) is 4.28. The molecule has 0 unspecified atom stereocenters. The first-order valence-corrected chi connectivity index (χ1v) is 10.8. The van der Waals surface area contributed by atoms with Gasteiger partial charge in [0, 0.05) is 5.69 Å². The number of carbonyl (C=O) groups excluding carboxylic acids is 1. The Hall–Kier alpha value is -2.95. The fraction of sp³-hybridized carbons (Fsp3) is 0.0833. The molecule has 0 spiro atoms. The number of nitrogens with zero attached hydrogens (tertiary/aromatic N) is 1. The lowest BCUT2D eigenvalue weighted by atomic mass is 10.1. The lowest BCUT2D eigenvalue weighted by Gasteiger charge is -2.12. The predicted molar refractivity (Wildman–Crippen MR) is 126 cm³/mol. The number of carbonyl (C=O) groups is 1. The summed E-state index contributed by atoms with van der Waals surface area (Å²) in [5.74, 6) is -0.290. The summed E-state index contributed by atoms with van der Waals surface area (Å²) in [7, 11) is 0. The van der Waals surface area contributed by atoms with Gasteiger partial charge < -0.3 is 10.1 Å².